The van der Waals surface area contributed by atoms with E-state index in [0.717, 1.165) is 31.6 Å². The van der Waals surface area contributed by atoms with Gasteiger partial charge in [-0.2, -0.15) is 0 Å². The highest BCUT2D eigenvalue weighted by Crippen LogP contribution is 2.24. The first-order valence-electron chi connectivity index (χ1n) is 8.16. The normalized spacial score (nSPS) is 21.1. The molecule has 2 atom stereocenters. The van der Waals surface area contributed by atoms with Crippen LogP contribution in [0.3, 0.4) is 0 Å². The van der Waals surface area contributed by atoms with Gasteiger partial charge in [-0.25, -0.2) is 0 Å². The Morgan fingerprint density at radius 2 is 2.09 bits per heavy atom. The second-order valence-electron chi connectivity index (χ2n) is 6.78. The number of hydrogen-bond donors (Lipinski definition) is 1. The Morgan fingerprint density at radius 3 is 2.73 bits per heavy atom. The Bertz CT molecular complexity index is 485. The van der Waals surface area contributed by atoms with E-state index in [1.54, 1.807) is 6.92 Å². The van der Waals surface area contributed by atoms with Gasteiger partial charge in [0.25, 0.3) is 0 Å². The van der Waals surface area contributed by atoms with Gasteiger partial charge in [-0.15, -0.1) is 0 Å². The van der Waals surface area contributed by atoms with Crippen LogP contribution < -0.4 is 5.73 Å². The molecule has 1 heterocycles. The van der Waals surface area contributed by atoms with Gasteiger partial charge in [0, 0.05) is 19.7 Å². The van der Waals surface area contributed by atoms with E-state index in [0.29, 0.717) is 12.5 Å². The molecule has 1 aliphatic heterocycles. The lowest BCUT2D eigenvalue weighted by Crippen LogP contribution is -2.50. The molecule has 1 aromatic rings. The number of likely N-dealkylation sites (tertiary alicyclic amines) is 1. The zero-order valence-corrected chi connectivity index (χ0v) is 13.9. The first kappa shape index (κ1) is 17.0. The summed E-state index contributed by atoms with van der Waals surface area (Å²) in [4.78, 5) is 14.6. The standard InChI is InChI=1S/C18H28N2O2/c1-14(2)10-12-22-16-9-11-20(13-16)17(21)18(3,19)15-7-5-4-6-8-15/h4-8,14,16H,9-13,19H2,1-3H3. The molecule has 0 saturated carbocycles. The maximum absolute atomic E-state index is 12.7. The van der Waals surface area contributed by atoms with Crippen molar-refractivity contribution < 1.29 is 9.53 Å². The van der Waals surface area contributed by atoms with Gasteiger partial charge in [-0.1, -0.05) is 44.2 Å². The molecule has 1 aromatic carbocycles. The largest absolute Gasteiger partial charge is 0.376 e. The maximum Gasteiger partial charge on any atom is 0.247 e. The molecule has 2 rings (SSSR count). The zero-order valence-electron chi connectivity index (χ0n) is 13.9. The van der Waals surface area contributed by atoms with Crippen molar-refractivity contribution in [2.24, 2.45) is 11.7 Å². The van der Waals surface area contributed by atoms with Crippen LogP contribution in [0.15, 0.2) is 30.3 Å². The number of carbonyl (C=O) groups excluding carboxylic acids is 1. The summed E-state index contributed by atoms with van der Waals surface area (Å²) in [5, 5.41) is 0. The summed E-state index contributed by atoms with van der Waals surface area (Å²) in [7, 11) is 0. The Balaban J connectivity index is 1.91. The maximum atomic E-state index is 12.7. The average Bonchev–Trinajstić information content (AvgIpc) is 2.95. The second kappa shape index (κ2) is 7.25. The van der Waals surface area contributed by atoms with Crippen LogP contribution in [0.25, 0.3) is 0 Å². The predicted octanol–water partition coefficient (Wildman–Crippen LogP) is 2.52. The molecule has 0 bridgehead atoms. The van der Waals surface area contributed by atoms with Crippen LogP contribution in [0.4, 0.5) is 0 Å². The molecule has 4 nitrogen and oxygen atoms in total. The van der Waals surface area contributed by atoms with Crippen LogP contribution >= 0.6 is 0 Å². The summed E-state index contributed by atoms with van der Waals surface area (Å²) in [6.45, 7) is 8.31. The van der Waals surface area contributed by atoms with Crippen LogP contribution in [-0.4, -0.2) is 36.6 Å². The number of nitrogens with zero attached hydrogens (tertiary/aromatic N) is 1. The van der Waals surface area contributed by atoms with E-state index in [4.69, 9.17) is 10.5 Å². The van der Waals surface area contributed by atoms with Crippen LogP contribution in [0.5, 0.6) is 0 Å². The highest BCUT2D eigenvalue weighted by atomic mass is 16.5. The Hall–Kier alpha value is -1.39. The smallest absolute Gasteiger partial charge is 0.247 e. The average molecular weight is 304 g/mol. The van der Waals surface area contributed by atoms with Crippen molar-refractivity contribution in [3.05, 3.63) is 35.9 Å². The summed E-state index contributed by atoms with van der Waals surface area (Å²) in [5.41, 5.74) is 6.19. The fraction of sp³-hybridized carbons (Fsp3) is 0.611. The molecule has 1 saturated heterocycles. The van der Waals surface area contributed by atoms with E-state index in [2.05, 4.69) is 13.8 Å². The monoisotopic (exact) mass is 304 g/mol. The van der Waals surface area contributed by atoms with Crippen molar-refractivity contribution in [2.75, 3.05) is 19.7 Å². The fourth-order valence-corrected chi connectivity index (χ4v) is 2.76. The first-order valence-corrected chi connectivity index (χ1v) is 8.16. The summed E-state index contributed by atoms with van der Waals surface area (Å²) in [6.07, 6.45) is 2.10. The number of ether oxygens (including phenoxy) is 1. The molecule has 1 aliphatic rings. The van der Waals surface area contributed by atoms with Gasteiger partial charge >= 0.3 is 0 Å². The third-order valence-corrected chi connectivity index (χ3v) is 4.30. The second-order valence-corrected chi connectivity index (χ2v) is 6.78. The number of benzene rings is 1. The Kier molecular flexibility index (Phi) is 5.59. The lowest BCUT2D eigenvalue weighted by Gasteiger charge is -2.29. The SMILES string of the molecule is CC(C)CCOC1CCN(C(=O)C(C)(N)c2ccccc2)C1. The molecule has 122 valence electrons. The minimum absolute atomic E-state index is 0.0198. The number of amides is 1. The number of carbonyl (C=O) groups is 1. The molecule has 2 unspecified atom stereocenters. The van der Waals surface area contributed by atoms with Crippen molar-refractivity contribution >= 4 is 5.91 Å². The zero-order chi connectivity index (χ0) is 16.2. The molecule has 1 amide bonds. The molecule has 4 heteroatoms. The quantitative estimate of drug-likeness (QED) is 0.878. The van der Waals surface area contributed by atoms with Crippen LogP contribution in [0, 0.1) is 5.92 Å². The number of nitrogens with two attached hydrogens (primary N) is 1. The van der Waals surface area contributed by atoms with E-state index < -0.39 is 5.54 Å². The third-order valence-electron chi connectivity index (χ3n) is 4.30. The van der Waals surface area contributed by atoms with E-state index in [1.807, 2.05) is 35.2 Å². The van der Waals surface area contributed by atoms with Gasteiger partial charge in [0.15, 0.2) is 0 Å². The number of hydrogen-bond acceptors (Lipinski definition) is 3. The molecule has 0 radical (unpaired) electrons. The van der Waals surface area contributed by atoms with Gasteiger partial charge in [0.1, 0.15) is 5.54 Å². The molecular formula is C18H28N2O2. The molecule has 0 aliphatic carbocycles. The fourth-order valence-electron chi connectivity index (χ4n) is 2.76. The molecule has 0 aromatic heterocycles. The van der Waals surface area contributed by atoms with Crippen molar-refractivity contribution in [3.8, 4) is 0 Å². The van der Waals surface area contributed by atoms with Gasteiger partial charge < -0.3 is 15.4 Å². The van der Waals surface area contributed by atoms with Crippen molar-refractivity contribution in [3.63, 3.8) is 0 Å². The van der Waals surface area contributed by atoms with Gasteiger partial charge in [-0.3, -0.25) is 4.79 Å². The highest BCUT2D eigenvalue weighted by Gasteiger charge is 2.37. The predicted molar refractivity (Wildman–Crippen MR) is 88.4 cm³/mol. The van der Waals surface area contributed by atoms with Crippen molar-refractivity contribution in [2.45, 2.75) is 45.3 Å². The first-order chi connectivity index (χ1) is 10.4. The summed E-state index contributed by atoms with van der Waals surface area (Å²) < 4.78 is 5.88. The van der Waals surface area contributed by atoms with Gasteiger partial charge in [0.2, 0.25) is 5.91 Å². The van der Waals surface area contributed by atoms with Gasteiger partial charge in [0.05, 0.1) is 6.10 Å². The van der Waals surface area contributed by atoms with E-state index >= 15 is 0 Å². The summed E-state index contributed by atoms with van der Waals surface area (Å²) >= 11 is 0. The topological polar surface area (TPSA) is 55.6 Å². The molecular weight excluding hydrogens is 276 g/mol. The number of rotatable bonds is 6. The molecule has 0 spiro atoms. The van der Waals surface area contributed by atoms with E-state index in [-0.39, 0.29) is 12.0 Å². The van der Waals surface area contributed by atoms with E-state index in [9.17, 15) is 4.79 Å². The van der Waals surface area contributed by atoms with Crippen molar-refractivity contribution in [1.29, 1.82) is 0 Å². The van der Waals surface area contributed by atoms with Crippen molar-refractivity contribution in [1.82, 2.24) is 4.90 Å². The van der Waals surface area contributed by atoms with Gasteiger partial charge in [-0.05, 0) is 31.2 Å². The van der Waals surface area contributed by atoms with E-state index in [1.165, 1.54) is 0 Å². The minimum Gasteiger partial charge on any atom is -0.376 e. The highest BCUT2D eigenvalue weighted by molar-refractivity contribution is 5.87. The molecule has 2 N–H and O–H groups in total. The molecule has 1 fully saturated rings. The third kappa shape index (κ3) is 4.08. The lowest BCUT2D eigenvalue weighted by molar-refractivity contribution is -0.136. The van der Waals surface area contributed by atoms with Crippen LogP contribution in [0.2, 0.25) is 0 Å². The summed E-state index contributed by atoms with van der Waals surface area (Å²) in [6, 6.07) is 9.57. The van der Waals surface area contributed by atoms with Crippen LogP contribution in [0.1, 0.15) is 39.2 Å². The lowest BCUT2D eigenvalue weighted by atomic mass is 9.92. The molecule has 22 heavy (non-hydrogen) atoms. The Labute approximate surface area is 133 Å². The Morgan fingerprint density at radius 1 is 1.41 bits per heavy atom. The minimum atomic E-state index is -0.978. The van der Waals surface area contributed by atoms with Crippen LogP contribution in [-0.2, 0) is 15.1 Å². The summed E-state index contributed by atoms with van der Waals surface area (Å²) in [5.74, 6) is 0.623.